The summed E-state index contributed by atoms with van der Waals surface area (Å²) in [5.41, 5.74) is 1.72. The first-order valence-electron chi connectivity index (χ1n) is 6.88. The molecule has 0 aliphatic heterocycles. The molecule has 0 bridgehead atoms. The number of aliphatic hydroxyl groups excluding tert-OH is 1. The second kappa shape index (κ2) is 5.84. The fourth-order valence-electron chi connectivity index (χ4n) is 2.37. The maximum absolute atomic E-state index is 9.97. The first-order chi connectivity index (χ1) is 10.1. The average molecular weight is 299 g/mol. The summed E-state index contributed by atoms with van der Waals surface area (Å²) in [5.74, 6) is 0.744. The molecule has 1 N–H and O–H groups in total. The van der Waals surface area contributed by atoms with Gasteiger partial charge in [0.15, 0.2) is 0 Å². The molecule has 3 aromatic rings. The lowest BCUT2D eigenvalue weighted by atomic mass is 10.0. The number of rotatable bonds is 4. The van der Waals surface area contributed by atoms with Crippen LogP contribution < -0.4 is 4.74 Å². The Balaban J connectivity index is 1.99. The standard InChI is InChI=1S/C17H17NO2S/c1-11(19)15-8-7-13-5-3-4-6-16(13)17(15)20-9-14-10-21-12(2)18-14/h3-8,10-11,19H,9H2,1-2H3. The number of hydrogen-bond donors (Lipinski definition) is 1. The van der Waals surface area contributed by atoms with Gasteiger partial charge >= 0.3 is 0 Å². The van der Waals surface area contributed by atoms with Crippen molar-refractivity contribution in [1.29, 1.82) is 0 Å². The van der Waals surface area contributed by atoms with E-state index in [1.165, 1.54) is 0 Å². The summed E-state index contributed by atoms with van der Waals surface area (Å²) in [7, 11) is 0. The summed E-state index contributed by atoms with van der Waals surface area (Å²) in [6.45, 7) is 4.15. The molecule has 108 valence electrons. The summed E-state index contributed by atoms with van der Waals surface area (Å²) in [5, 5.41) is 15.1. The van der Waals surface area contributed by atoms with Crippen LogP contribution in [-0.4, -0.2) is 10.1 Å². The normalized spacial score (nSPS) is 12.5. The smallest absolute Gasteiger partial charge is 0.133 e. The summed E-state index contributed by atoms with van der Waals surface area (Å²) >= 11 is 1.61. The van der Waals surface area contributed by atoms with Crippen LogP contribution in [0.15, 0.2) is 41.8 Å². The molecule has 4 heteroatoms. The molecular weight excluding hydrogens is 282 g/mol. The van der Waals surface area contributed by atoms with Gasteiger partial charge in [-0.1, -0.05) is 36.4 Å². The van der Waals surface area contributed by atoms with Gasteiger partial charge in [0, 0.05) is 16.3 Å². The maximum atomic E-state index is 9.97. The third kappa shape index (κ3) is 2.91. The summed E-state index contributed by atoms with van der Waals surface area (Å²) < 4.78 is 6.00. The minimum absolute atomic E-state index is 0.415. The maximum Gasteiger partial charge on any atom is 0.133 e. The molecule has 1 aromatic heterocycles. The van der Waals surface area contributed by atoms with Gasteiger partial charge in [-0.05, 0) is 19.2 Å². The molecule has 0 saturated carbocycles. The Labute approximate surface area is 127 Å². The van der Waals surface area contributed by atoms with Crippen molar-refractivity contribution in [2.75, 3.05) is 0 Å². The summed E-state index contributed by atoms with van der Waals surface area (Å²) in [6, 6.07) is 12.0. The van der Waals surface area contributed by atoms with Gasteiger partial charge in [0.25, 0.3) is 0 Å². The van der Waals surface area contributed by atoms with Crippen molar-refractivity contribution < 1.29 is 9.84 Å². The Hall–Kier alpha value is -1.91. The van der Waals surface area contributed by atoms with E-state index in [1.54, 1.807) is 18.3 Å². The number of fused-ring (bicyclic) bond motifs is 1. The number of nitrogens with zero attached hydrogens (tertiary/aromatic N) is 1. The number of hydrogen-bond acceptors (Lipinski definition) is 4. The zero-order chi connectivity index (χ0) is 14.8. The van der Waals surface area contributed by atoms with Crippen LogP contribution in [0.4, 0.5) is 0 Å². The fourth-order valence-corrected chi connectivity index (χ4v) is 2.97. The number of thiazole rings is 1. The number of aryl methyl sites for hydroxylation is 1. The van der Waals surface area contributed by atoms with Crippen LogP contribution in [0.5, 0.6) is 5.75 Å². The van der Waals surface area contributed by atoms with E-state index in [0.717, 1.165) is 32.8 Å². The lowest BCUT2D eigenvalue weighted by Crippen LogP contribution is -2.02. The Morgan fingerprint density at radius 1 is 1.24 bits per heavy atom. The van der Waals surface area contributed by atoms with Crippen LogP contribution in [0, 0.1) is 6.92 Å². The number of aliphatic hydroxyl groups is 1. The zero-order valence-electron chi connectivity index (χ0n) is 12.0. The van der Waals surface area contributed by atoms with Crippen molar-refractivity contribution in [3.05, 3.63) is 58.0 Å². The van der Waals surface area contributed by atoms with Gasteiger partial charge in [0.1, 0.15) is 12.4 Å². The summed E-state index contributed by atoms with van der Waals surface area (Å²) in [6.07, 6.45) is -0.568. The van der Waals surface area contributed by atoms with Crippen LogP contribution in [0.3, 0.4) is 0 Å². The van der Waals surface area contributed by atoms with Crippen LogP contribution in [-0.2, 0) is 6.61 Å². The highest BCUT2D eigenvalue weighted by atomic mass is 32.1. The Morgan fingerprint density at radius 2 is 2.05 bits per heavy atom. The fraction of sp³-hybridized carbons (Fsp3) is 0.235. The SMILES string of the molecule is Cc1nc(COc2c(C(C)O)ccc3ccccc23)cs1. The highest BCUT2D eigenvalue weighted by Gasteiger charge is 2.13. The predicted octanol–water partition coefficient (Wildman–Crippen LogP) is 4.24. The second-order valence-electron chi connectivity index (χ2n) is 5.03. The molecule has 0 fully saturated rings. The van der Waals surface area contributed by atoms with E-state index in [4.69, 9.17) is 4.74 Å². The lowest BCUT2D eigenvalue weighted by Gasteiger charge is -2.15. The van der Waals surface area contributed by atoms with Crippen molar-refractivity contribution in [2.24, 2.45) is 0 Å². The molecule has 2 aromatic carbocycles. The van der Waals surface area contributed by atoms with E-state index in [1.807, 2.05) is 48.7 Å². The minimum Gasteiger partial charge on any atom is -0.486 e. The van der Waals surface area contributed by atoms with Gasteiger partial charge in [0.2, 0.25) is 0 Å². The largest absolute Gasteiger partial charge is 0.486 e. The molecule has 3 rings (SSSR count). The van der Waals surface area contributed by atoms with Crippen LogP contribution in [0.1, 0.15) is 29.3 Å². The van der Waals surface area contributed by atoms with E-state index in [-0.39, 0.29) is 0 Å². The van der Waals surface area contributed by atoms with Crippen molar-refractivity contribution in [2.45, 2.75) is 26.6 Å². The highest BCUT2D eigenvalue weighted by molar-refractivity contribution is 7.09. The van der Waals surface area contributed by atoms with Crippen molar-refractivity contribution in [1.82, 2.24) is 4.98 Å². The third-order valence-electron chi connectivity index (χ3n) is 3.39. The topological polar surface area (TPSA) is 42.4 Å². The van der Waals surface area contributed by atoms with Gasteiger partial charge in [-0.2, -0.15) is 0 Å². The minimum atomic E-state index is -0.568. The van der Waals surface area contributed by atoms with E-state index < -0.39 is 6.10 Å². The van der Waals surface area contributed by atoms with E-state index >= 15 is 0 Å². The van der Waals surface area contributed by atoms with Crippen molar-refractivity contribution in [3.8, 4) is 5.75 Å². The number of ether oxygens (including phenoxy) is 1. The molecule has 1 heterocycles. The molecule has 3 nitrogen and oxygen atoms in total. The monoisotopic (exact) mass is 299 g/mol. The Morgan fingerprint density at radius 3 is 2.76 bits per heavy atom. The molecule has 0 aliphatic carbocycles. The molecule has 0 amide bonds. The number of benzene rings is 2. The molecule has 0 aliphatic rings. The van der Waals surface area contributed by atoms with E-state index in [0.29, 0.717) is 6.61 Å². The van der Waals surface area contributed by atoms with Gasteiger partial charge in [-0.3, -0.25) is 0 Å². The second-order valence-corrected chi connectivity index (χ2v) is 6.09. The first-order valence-corrected chi connectivity index (χ1v) is 7.76. The molecule has 0 radical (unpaired) electrons. The average Bonchev–Trinajstić information content (AvgIpc) is 2.90. The summed E-state index contributed by atoms with van der Waals surface area (Å²) in [4.78, 5) is 4.41. The quantitative estimate of drug-likeness (QED) is 0.783. The van der Waals surface area contributed by atoms with Crippen molar-refractivity contribution in [3.63, 3.8) is 0 Å². The zero-order valence-corrected chi connectivity index (χ0v) is 12.9. The molecule has 1 atom stereocenters. The van der Waals surface area contributed by atoms with Gasteiger partial charge in [0.05, 0.1) is 16.8 Å². The molecule has 0 saturated heterocycles. The highest BCUT2D eigenvalue weighted by Crippen LogP contribution is 2.34. The first kappa shape index (κ1) is 14.0. The Bertz CT molecular complexity index is 764. The van der Waals surface area contributed by atoms with Crippen LogP contribution >= 0.6 is 11.3 Å². The van der Waals surface area contributed by atoms with Crippen LogP contribution in [0.25, 0.3) is 10.8 Å². The predicted molar refractivity (Wildman–Crippen MR) is 85.8 cm³/mol. The van der Waals surface area contributed by atoms with Gasteiger partial charge in [-0.15, -0.1) is 11.3 Å². The molecule has 1 unspecified atom stereocenters. The third-order valence-corrected chi connectivity index (χ3v) is 4.21. The van der Waals surface area contributed by atoms with Crippen molar-refractivity contribution >= 4 is 22.1 Å². The van der Waals surface area contributed by atoms with E-state index in [2.05, 4.69) is 4.98 Å². The molecular formula is C17H17NO2S. The Kier molecular flexibility index (Phi) is 3.90. The molecule has 21 heavy (non-hydrogen) atoms. The lowest BCUT2D eigenvalue weighted by molar-refractivity contribution is 0.190. The molecule has 0 spiro atoms. The van der Waals surface area contributed by atoms with Gasteiger partial charge in [-0.25, -0.2) is 4.98 Å². The van der Waals surface area contributed by atoms with Crippen LogP contribution in [0.2, 0.25) is 0 Å². The van der Waals surface area contributed by atoms with E-state index in [9.17, 15) is 5.11 Å². The van der Waals surface area contributed by atoms with Gasteiger partial charge < -0.3 is 9.84 Å². The number of aromatic nitrogens is 1.